The first-order chi connectivity index (χ1) is 10.2. The van der Waals surface area contributed by atoms with Crippen molar-refractivity contribution >= 4 is 5.91 Å². The van der Waals surface area contributed by atoms with E-state index in [4.69, 9.17) is 4.74 Å². The van der Waals surface area contributed by atoms with E-state index in [9.17, 15) is 4.79 Å². The van der Waals surface area contributed by atoms with Crippen LogP contribution >= 0.6 is 0 Å². The molecule has 1 amide bonds. The number of hydrogen-bond donors (Lipinski definition) is 0. The predicted molar refractivity (Wildman–Crippen MR) is 80.9 cm³/mol. The molecule has 0 aromatic rings. The van der Waals surface area contributed by atoms with Crippen LogP contribution in [0.3, 0.4) is 0 Å². The summed E-state index contributed by atoms with van der Waals surface area (Å²) < 4.78 is 5.88. The zero-order valence-electron chi connectivity index (χ0n) is 13.2. The monoisotopic (exact) mass is 292 g/mol. The summed E-state index contributed by atoms with van der Waals surface area (Å²) in [5.74, 6) is 3.32. The van der Waals surface area contributed by atoms with E-state index in [0.29, 0.717) is 18.4 Å². The van der Waals surface area contributed by atoms with E-state index in [1.54, 1.807) is 0 Å². The molecular formula is C17H28N2O2. The van der Waals surface area contributed by atoms with Gasteiger partial charge in [-0.3, -0.25) is 4.79 Å². The highest BCUT2D eigenvalue weighted by Gasteiger charge is 2.52. The fraction of sp³-hybridized carbons (Fsp3) is 0.941. The van der Waals surface area contributed by atoms with E-state index in [0.717, 1.165) is 43.8 Å². The Hall–Kier alpha value is -0.610. The van der Waals surface area contributed by atoms with Gasteiger partial charge in [0.05, 0.1) is 12.7 Å². The summed E-state index contributed by atoms with van der Waals surface area (Å²) in [6.07, 6.45) is 6.89. The van der Waals surface area contributed by atoms with Gasteiger partial charge in [-0.15, -0.1) is 0 Å². The second kappa shape index (κ2) is 5.54. The van der Waals surface area contributed by atoms with Gasteiger partial charge in [0.1, 0.15) is 0 Å². The van der Waals surface area contributed by atoms with E-state index in [-0.39, 0.29) is 6.10 Å². The molecule has 4 fully saturated rings. The number of amides is 1. The first-order valence-electron chi connectivity index (χ1n) is 8.79. The molecule has 0 bridgehead atoms. The molecule has 1 heterocycles. The van der Waals surface area contributed by atoms with Crippen LogP contribution in [0, 0.1) is 23.7 Å². The maximum atomic E-state index is 12.6. The summed E-state index contributed by atoms with van der Waals surface area (Å²) >= 11 is 0. The lowest BCUT2D eigenvalue weighted by atomic mass is 10.2. The van der Waals surface area contributed by atoms with Crippen molar-refractivity contribution in [3.8, 4) is 0 Å². The molecule has 1 aliphatic heterocycles. The Morgan fingerprint density at radius 2 is 2.05 bits per heavy atom. The Bertz CT molecular complexity index is 406. The highest BCUT2D eigenvalue weighted by atomic mass is 16.5. The third kappa shape index (κ3) is 3.42. The van der Waals surface area contributed by atoms with Crippen molar-refractivity contribution in [2.45, 2.75) is 38.2 Å². The van der Waals surface area contributed by atoms with Crippen LogP contribution in [0.5, 0.6) is 0 Å². The fourth-order valence-corrected chi connectivity index (χ4v) is 3.97. The SMILES string of the molecule is CN(CC1CC1)C[C@@H]1CN(C(=O)[C@H]2C[C@@H]2C2CC2)CCO1. The summed E-state index contributed by atoms with van der Waals surface area (Å²) in [5.41, 5.74) is 0. The second-order valence-corrected chi connectivity index (χ2v) is 7.79. The minimum Gasteiger partial charge on any atom is -0.373 e. The normalized spacial score (nSPS) is 36.1. The van der Waals surface area contributed by atoms with Crippen LogP contribution in [0.2, 0.25) is 0 Å². The van der Waals surface area contributed by atoms with E-state index in [1.165, 1.54) is 32.2 Å². The predicted octanol–water partition coefficient (Wildman–Crippen LogP) is 1.60. The lowest BCUT2D eigenvalue weighted by Crippen LogP contribution is -2.50. The van der Waals surface area contributed by atoms with Crippen molar-refractivity contribution in [3.63, 3.8) is 0 Å². The van der Waals surface area contributed by atoms with E-state index in [1.807, 2.05) is 0 Å². The Kier molecular flexibility index (Phi) is 3.70. The summed E-state index contributed by atoms with van der Waals surface area (Å²) in [6.45, 7) is 4.49. The number of hydrogen-bond acceptors (Lipinski definition) is 3. The first-order valence-corrected chi connectivity index (χ1v) is 8.79. The van der Waals surface area contributed by atoms with Crippen LogP contribution in [0.25, 0.3) is 0 Å². The van der Waals surface area contributed by atoms with Crippen molar-refractivity contribution in [3.05, 3.63) is 0 Å². The molecule has 0 spiro atoms. The number of carbonyl (C=O) groups excluding carboxylic acids is 1. The van der Waals surface area contributed by atoms with Gasteiger partial charge < -0.3 is 14.5 Å². The zero-order valence-corrected chi connectivity index (χ0v) is 13.2. The number of morpholine rings is 1. The second-order valence-electron chi connectivity index (χ2n) is 7.79. The van der Waals surface area contributed by atoms with E-state index < -0.39 is 0 Å². The van der Waals surface area contributed by atoms with Gasteiger partial charge in [0.2, 0.25) is 5.91 Å². The molecule has 0 radical (unpaired) electrons. The van der Waals surface area contributed by atoms with Gasteiger partial charge in [0.25, 0.3) is 0 Å². The molecule has 4 aliphatic rings. The van der Waals surface area contributed by atoms with E-state index >= 15 is 0 Å². The third-order valence-electron chi connectivity index (χ3n) is 5.62. The molecule has 1 saturated heterocycles. The Balaban J connectivity index is 1.25. The minimum absolute atomic E-state index is 0.213. The molecule has 0 unspecified atom stereocenters. The third-order valence-corrected chi connectivity index (χ3v) is 5.62. The van der Waals surface area contributed by atoms with Crippen molar-refractivity contribution in [1.29, 1.82) is 0 Å². The summed E-state index contributed by atoms with van der Waals surface area (Å²) in [4.78, 5) is 17.1. The van der Waals surface area contributed by atoms with Crippen LogP contribution in [-0.2, 0) is 9.53 Å². The fourth-order valence-electron chi connectivity index (χ4n) is 3.97. The topological polar surface area (TPSA) is 32.8 Å². The maximum absolute atomic E-state index is 12.6. The number of rotatable bonds is 6. The molecule has 0 aromatic heterocycles. The van der Waals surface area contributed by atoms with Crippen LogP contribution in [0.1, 0.15) is 32.1 Å². The Labute approximate surface area is 127 Å². The van der Waals surface area contributed by atoms with Gasteiger partial charge in [0, 0.05) is 32.1 Å². The molecule has 21 heavy (non-hydrogen) atoms. The van der Waals surface area contributed by atoms with Gasteiger partial charge in [-0.05, 0) is 56.9 Å². The first kappa shape index (κ1) is 14.0. The van der Waals surface area contributed by atoms with Crippen LogP contribution < -0.4 is 0 Å². The van der Waals surface area contributed by atoms with Gasteiger partial charge >= 0.3 is 0 Å². The summed E-state index contributed by atoms with van der Waals surface area (Å²) in [7, 11) is 2.19. The standard InChI is InChI=1S/C17H28N2O2/c1-18(9-12-2-3-12)10-14-11-19(6-7-21-14)17(20)16-8-15(16)13-4-5-13/h12-16H,2-11H2,1H3/t14-,15-,16+/m1/s1. The van der Waals surface area contributed by atoms with Crippen LogP contribution in [-0.4, -0.2) is 61.6 Å². The molecule has 4 nitrogen and oxygen atoms in total. The van der Waals surface area contributed by atoms with Gasteiger partial charge in [-0.25, -0.2) is 0 Å². The average Bonchev–Trinajstić information content (AvgIpc) is 3.32. The quantitative estimate of drug-likeness (QED) is 0.745. The summed E-state index contributed by atoms with van der Waals surface area (Å²) in [6, 6.07) is 0. The highest BCUT2D eigenvalue weighted by molar-refractivity contribution is 5.82. The molecule has 3 aliphatic carbocycles. The number of likely N-dealkylation sites (N-methyl/N-ethyl adjacent to an activating group) is 1. The smallest absolute Gasteiger partial charge is 0.226 e. The zero-order chi connectivity index (χ0) is 14.4. The van der Waals surface area contributed by atoms with Gasteiger partial charge in [0.15, 0.2) is 0 Å². The maximum Gasteiger partial charge on any atom is 0.226 e. The lowest BCUT2D eigenvalue weighted by molar-refractivity contribution is -0.141. The van der Waals surface area contributed by atoms with Crippen molar-refractivity contribution in [2.75, 3.05) is 39.8 Å². The molecule has 0 aromatic carbocycles. The molecule has 4 heteroatoms. The summed E-state index contributed by atoms with van der Waals surface area (Å²) in [5, 5.41) is 0. The van der Waals surface area contributed by atoms with Gasteiger partial charge in [-0.2, -0.15) is 0 Å². The number of ether oxygens (including phenoxy) is 1. The molecule has 3 atom stereocenters. The van der Waals surface area contributed by atoms with Crippen molar-refractivity contribution < 1.29 is 9.53 Å². The molecule has 118 valence electrons. The highest BCUT2D eigenvalue weighted by Crippen LogP contribution is 2.54. The molecule has 4 rings (SSSR count). The largest absolute Gasteiger partial charge is 0.373 e. The van der Waals surface area contributed by atoms with Crippen LogP contribution in [0.15, 0.2) is 0 Å². The molecular weight excluding hydrogens is 264 g/mol. The lowest BCUT2D eigenvalue weighted by Gasteiger charge is -2.35. The number of nitrogens with zero attached hydrogens (tertiary/aromatic N) is 2. The van der Waals surface area contributed by atoms with Crippen LogP contribution in [0.4, 0.5) is 0 Å². The Morgan fingerprint density at radius 3 is 2.76 bits per heavy atom. The average molecular weight is 292 g/mol. The van der Waals surface area contributed by atoms with E-state index in [2.05, 4.69) is 16.8 Å². The molecule has 3 saturated carbocycles. The molecule has 0 N–H and O–H groups in total. The minimum atomic E-state index is 0.213. The van der Waals surface area contributed by atoms with Crippen molar-refractivity contribution in [2.24, 2.45) is 23.7 Å². The number of carbonyl (C=O) groups is 1. The Morgan fingerprint density at radius 1 is 1.24 bits per heavy atom. The van der Waals surface area contributed by atoms with Crippen molar-refractivity contribution in [1.82, 2.24) is 9.80 Å². The van der Waals surface area contributed by atoms with Gasteiger partial charge in [-0.1, -0.05) is 0 Å².